The van der Waals surface area contributed by atoms with Gasteiger partial charge in [0, 0.05) is 17.2 Å². The maximum Gasteiger partial charge on any atom is 0.216 e. The van der Waals surface area contributed by atoms with Crippen LogP contribution in [0.15, 0.2) is 54.7 Å². The molecule has 2 atom stereocenters. The maximum atomic E-state index is 4.22. The molecule has 2 heterocycles. The Morgan fingerprint density at radius 1 is 1.12 bits per heavy atom. The summed E-state index contributed by atoms with van der Waals surface area (Å²) in [5, 5.41) is 0. The van der Waals surface area contributed by atoms with Gasteiger partial charge < -0.3 is 0 Å². The van der Waals surface area contributed by atoms with Crippen LogP contribution in [-0.2, 0) is 0 Å². The third kappa shape index (κ3) is 1.02. The molecule has 0 saturated heterocycles. The average molecular weight is 220 g/mol. The van der Waals surface area contributed by atoms with E-state index < -0.39 is 0 Å². The van der Waals surface area contributed by atoms with Gasteiger partial charge in [0.05, 0.1) is 11.5 Å². The molecule has 82 valence electrons. The van der Waals surface area contributed by atoms with Gasteiger partial charge in [0.2, 0.25) is 5.69 Å². The van der Waals surface area contributed by atoms with E-state index in [0.29, 0.717) is 12.0 Å². The molecule has 1 nitrogen and oxygen atoms in total. The van der Waals surface area contributed by atoms with Crippen LogP contribution in [0.5, 0.6) is 0 Å². The van der Waals surface area contributed by atoms with Crippen LogP contribution in [0, 0.1) is 6.92 Å². The summed E-state index contributed by atoms with van der Waals surface area (Å²) in [5.41, 5.74) is 6.90. The van der Waals surface area contributed by atoms with E-state index in [-0.39, 0.29) is 0 Å². The van der Waals surface area contributed by atoms with Crippen molar-refractivity contribution in [1.29, 1.82) is 0 Å². The molecule has 0 spiro atoms. The van der Waals surface area contributed by atoms with Gasteiger partial charge in [-0.3, -0.25) is 0 Å². The molecule has 4 rings (SSSR count). The fourth-order valence-corrected chi connectivity index (χ4v) is 3.21. The fraction of sp³-hybridized carbons (Fsp3) is 0.188. The predicted molar refractivity (Wildman–Crippen MR) is 67.7 cm³/mol. The monoisotopic (exact) mass is 220 g/mol. The Labute approximate surface area is 101 Å². The lowest BCUT2D eigenvalue weighted by molar-refractivity contribution is -0.688. The number of aromatic nitrogens is 1. The van der Waals surface area contributed by atoms with Crippen molar-refractivity contribution in [2.45, 2.75) is 18.9 Å². The fourth-order valence-electron chi connectivity index (χ4n) is 3.21. The van der Waals surface area contributed by atoms with Crippen molar-refractivity contribution in [3.63, 3.8) is 0 Å². The summed E-state index contributed by atoms with van der Waals surface area (Å²) < 4.78 is 2.39. The summed E-state index contributed by atoms with van der Waals surface area (Å²) in [6, 6.07) is 13.6. The zero-order valence-electron chi connectivity index (χ0n) is 9.85. The predicted octanol–water partition coefficient (Wildman–Crippen LogP) is 3.16. The van der Waals surface area contributed by atoms with Crippen LogP contribution in [0.2, 0.25) is 0 Å². The number of benzene rings is 1. The van der Waals surface area contributed by atoms with Gasteiger partial charge in [0.1, 0.15) is 0 Å². The van der Waals surface area contributed by atoms with E-state index in [4.69, 9.17) is 0 Å². The molecule has 1 aromatic carbocycles. The lowest BCUT2D eigenvalue weighted by Gasteiger charge is -2.14. The van der Waals surface area contributed by atoms with Gasteiger partial charge in [0.15, 0.2) is 12.2 Å². The molecule has 17 heavy (non-hydrogen) atoms. The first kappa shape index (κ1) is 9.17. The zero-order valence-corrected chi connectivity index (χ0v) is 9.85. The summed E-state index contributed by atoms with van der Waals surface area (Å²) in [6.07, 6.45) is 2.19. The molecule has 1 aromatic heterocycles. The largest absolute Gasteiger partial charge is 0.216 e. The van der Waals surface area contributed by atoms with Crippen molar-refractivity contribution >= 4 is 0 Å². The summed E-state index contributed by atoms with van der Waals surface area (Å²) >= 11 is 0. The molecule has 0 radical (unpaired) electrons. The highest BCUT2D eigenvalue weighted by Crippen LogP contribution is 2.58. The number of allylic oxidation sites excluding steroid dienone is 1. The third-order valence-corrected chi connectivity index (χ3v) is 4.06. The van der Waals surface area contributed by atoms with Crippen molar-refractivity contribution < 1.29 is 4.57 Å². The highest BCUT2D eigenvalue weighted by Gasteiger charge is 2.56. The van der Waals surface area contributed by atoms with E-state index in [0.717, 1.165) is 0 Å². The highest BCUT2D eigenvalue weighted by atomic mass is 15.1. The van der Waals surface area contributed by atoms with E-state index in [1.165, 1.54) is 28.0 Å². The van der Waals surface area contributed by atoms with Crippen LogP contribution in [0.1, 0.15) is 23.1 Å². The van der Waals surface area contributed by atoms with E-state index in [9.17, 15) is 0 Å². The average Bonchev–Trinajstić information content (AvgIpc) is 3.02. The van der Waals surface area contributed by atoms with E-state index in [1.54, 1.807) is 0 Å². The van der Waals surface area contributed by atoms with Crippen molar-refractivity contribution in [3.05, 3.63) is 65.9 Å². The second-order valence-electron chi connectivity index (χ2n) is 5.03. The van der Waals surface area contributed by atoms with Crippen LogP contribution in [0.4, 0.5) is 0 Å². The molecule has 1 heteroatoms. The summed E-state index contributed by atoms with van der Waals surface area (Å²) in [5.74, 6) is 0.547. The molecule has 2 aliphatic rings. The van der Waals surface area contributed by atoms with Crippen LogP contribution >= 0.6 is 0 Å². The van der Waals surface area contributed by atoms with Crippen LogP contribution in [-0.4, -0.2) is 0 Å². The van der Waals surface area contributed by atoms with Gasteiger partial charge in [-0.15, -0.1) is 0 Å². The molecule has 2 unspecified atom stereocenters. The van der Waals surface area contributed by atoms with Gasteiger partial charge in [0.25, 0.3) is 0 Å². The lowest BCUT2D eigenvalue weighted by atomic mass is 9.94. The zero-order chi connectivity index (χ0) is 11.6. The topological polar surface area (TPSA) is 3.88 Å². The number of aryl methyl sites for hydroxylation is 1. The Hall–Kier alpha value is -1.89. The van der Waals surface area contributed by atoms with Crippen molar-refractivity contribution in [1.82, 2.24) is 0 Å². The molecule has 0 bridgehead atoms. The summed E-state index contributed by atoms with van der Waals surface area (Å²) in [4.78, 5) is 0. The van der Waals surface area contributed by atoms with Gasteiger partial charge in [-0.05, 0) is 24.6 Å². The highest BCUT2D eigenvalue weighted by molar-refractivity contribution is 5.70. The molecule has 1 aliphatic carbocycles. The standard InChI is InChI=1S/C16H14N/c1-10-6-5-9-17-15(10)13-8-4-3-7-12(13)14-11(2)16(14)17/h3-9,14,16H,2H2,1H3/q+1. The minimum Gasteiger partial charge on any atom is -0.190 e. The van der Waals surface area contributed by atoms with Gasteiger partial charge in [-0.25, -0.2) is 0 Å². The first-order valence-corrected chi connectivity index (χ1v) is 6.08. The van der Waals surface area contributed by atoms with E-state index >= 15 is 0 Å². The van der Waals surface area contributed by atoms with Crippen molar-refractivity contribution in [2.24, 2.45) is 0 Å². The molecule has 1 saturated carbocycles. The Morgan fingerprint density at radius 2 is 1.94 bits per heavy atom. The summed E-state index contributed by atoms with van der Waals surface area (Å²) in [7, 11) is 0. The number of hydrogen-bond donors (Lipinski definition) is 0. The first-order chi connectivity index (χ1) is 8.29. The quantitative estimate of drug-likeness (QED) is 0.474. The molecular weight excluding hydrogens is 206 g/mol. The molecule has 0 N–H and O–H groups in total. The van der Waals surface area contributed by atoms with Crippen molar-refractivity contribution in [2.75, 3.05) is 0 Å². The molecule has 1 aliphatic heterocycles. The first-order valence-electron chi connectivity index (χ1n) is 6.08. The number of hydrogen-bond acceptors (Lipinski definition) is 0. The van der Waals surface area contributed by atoms with Crippen molar-refractivity contribution in [3.8, 4) is 11.3 Å². The Balaban J connectivity index is 2.13. The molecule has 2 aromatic rings. The maximum absolute atomic E-state index is 4.22. The van der Waals surface area contributed by atoms with Gasteiger partial charge in [-0.1, -0.05) is 24.8 Å². The Morgan fingerprint density at radius 3 is 2.82 bits per heavy atom. The van der Waals surface area contributed by atoms with Gasteiger partial charge in [-0.2, -0.15) is 4.57 Å². The Kier molecular flexibility index (Phi) is 1.54. The van der Waals surface area contributed by atoms with Gasteiger partial charge >= 0.3 is 0 Å². The molecule has 1 fully saturated rings. The second-order valence-corrected chi connectivity index (χ2v) is 5.03. The molecular formula is C16H14N+. The number of fused-ring (bicyclic) bond motifs is 6. The SMILES string of the molecule is C=C1C2c3ccccc3-c3c(C)ccc[n+]3C12. The van der Waals surface area contributed by atoms with E-state index in [1.807, 2.05) is 0 Å². The third-order valence-electron chi connectivity index (χ3n) is 4.06. The number of nitrogens with zero attached hydrogens (tertiary/aromatic N) is 1. The normalized spacial score (nSPS) is 23.7. The van der Waals surface area contributed by atoms with Crippen LogP contribution in [0.3, 0.4) is 0 Å². The van der Waals surface area contributed by atoms with Crippen LogP contribution < -0.4 is 4.57 Å². The molecule has 0 amide bonds. The van der Waals surface area contributed by atoms with E-state index in [2.05, 4.69) is 60.7 Å². The lowest BCUT2D eigenvalue weighted by Crippen LogP contribution is -2.38. The smallest absolute Gasteiger partial charge is 0.190 e. The summed E-state index contributed by atoms with van der Waals surface area (Å²) in [6.45, 7) is 6.41. The minimum atomic E-state index is 0.500. The minimum absolute atomic E-state index is 0.500. The van der Waals surface area contributed by atoms with Crippen LogP contribution in [0.25, 0.3) is 11.3 Å². The Bertz CT molecular complexity index is 654. The number of pyridine rings is 1. The second kappa shape index (κ2) is 2.86. The number of rotatable bonds is 0.